The number of carbonyl (C=O) groups excluding carboxylic acids is 1. The van der Waals surface area contributed by atoms with Crippen LogP contribution in [-0.4, -0.2) is 45.2 Å². The quantitative estimate of drug-likeness (QED) is 0.655. The van der Waals surface area contributed by atoms with Crippen LogP contribution in [0.5, 0.6) is 5.75 Å². The van der Waals surface area contributed by atoms with Crippen molar-refractivity contribution in [2.45, 2.75) is 38.9 Å². The smallest absolute Gasteiger partial charge is 0.416 e. The number of amides is 1. The van der Waals surface area contributed by atoms with Crippen LogP contribution < -0.4 is 19.9 Å². The number of alkyl halides is 3. The number of nitrogens with zero attached hydrogens (tertiary/aromatic N) is 2. The summed E-state index contributed by atoms with van der Waals surface area (Å²) in [5.74, 6) is 0.717. The largest absolute Gasteiger partial charge is 0.497 e. The number of fused-ring (bicyclic) bond motifs is 3. The molecular formula is C26H32F3N3O2. The third-order valence-electron chi connectivity index (χ3n) is 6.83. The molecule has 0 spiro atoms. The predicted octanol–water partition coefficient (Wildman–Crippen LogP) is 4.74. The van der Waals surface area contributed by atoms with Crippen molar-refractivity contribution >= 4 is 17.3 Å². The van der Waals surface area contributed by atoms with E-state index in [0.717, 1.165) is 29.6 Å². The second-order valence-electron chi connectivity index (χ2n) is 9.53. The first-order valence-electron chi connectivity index (χ1n) is 11.8. The Bertz CT molecular complexity index is 1010. The predicted molar refractivity (Wildman–Crippen MR) is 127 cm³/mol. The first kappa shape index (κ1) is 24.2. The Kier molecular flexibility index (Phi) is 6.96. The van der Waals surface area contributed by atoms with Crippen LogP contribution in [0.3, 0.4) is 0 Å². The van der Waals surface area contributed by atoms with Gasteiger partial charge >= 0.3 is 6.18 Å². The minimum absolute atomic E-state index is 0.0877. The van der Waals surface area contributed by atoms with E-state index < -0.39 is 17.7 Å². The number of halogens is 3. The van der Waals surface area contributed by atoms with Gasteiger partial charge in [0.15, 0.2) is 0 Å². The molecule has 0 bridgehead atoms. The van der Waals surface area contributed by atoms with Gasteiger partial charge in [-0.2, -0.15) is 13.2 Å². The van der Waals surface area contributed by atoms with Gasteiger partial charge in [-0.05, 0) is 66.8 Å². The molecule has 4 rings (SSSR count). The highest BCUT2D eigenvalue weighted by atomic mass is 19.4. The highest BCUT2D eigenvalue weighted by Gasteiger charge is 2.42. The maximum Gasteiger partial charge on any atom is 0.416 e. The molecule has 2 atom stereocenters. The fourth-order valence-electron chi connectivity index (χ4n) is 4.94. The molecule has 0 aromatic heterocycles. The van der Waals surface area contributed by atoms with E-state index in [2.05, 4.69) is 29.0 Å². The van der Waals surface area contributed by atoms with Gasteiger partial charge in [-0.3, -0.25) is 4.79 Å². The Balaban J connectivity index is 1.62. The lowest BCUT2D eigenvalue weighted by molar-refractivity contribution is -0.137. The summed E-state index contributed by atoms with van der Waals surface area (Å²) >= 11 is 0. The van der Waals surface area contributed by atoms with Crippen LogP contribution in [0.4, 0.5) is 24.5 Å². The van der Waals surface area contributed by atoms with E-state index in [0.29, 0.717) is 44.1 Å². The van der Waals surface area contributed by atoms with Crippen LogP contribution in [0.1, 0.15) is 31.4 Å². The normalized spacial score (nSPS) is 20.1. The summed E-state index contributed by atoms with van der Waals surface area (Å²) in [7, 11) is 1.62. The Morgan fingerprint density at radius 1 is 1.15 bits per heavy atom. The summed E-state index contributed by atoms with van der Waals surface area (Å²) in [6, 6.07) is 11.6. The van der Waals surface area contributed by atoms with Gasteiger partial charge in [0.1, 0.15) is 5.75 Å². The molecule has 2 heterocycles. The molecule has 34 heavy (non-hydrogen) atoms. The topological polar surface area (TPSA) is 44.8 Å². The number of ether oxygens (including phenoxy) is 1. The molecule has 184 valence electrons. The van der Waals surface area contributed by atoms with Crippen molar-refractivity contribution in [3.05, 3.63) is 53.6 Å². The van der Waals surface area contributed by atoms with Crippen LogP contribution in [0.15, 0.2) is 42.5 Å². The molecule has 2 aliphatic heterocycles. The summed E-state index contributed by atoms with van der Waals surface area (Å²) in [6.07, 6.45) is -3.25. The van der Waals surface area contributed by atoms with E-state index in [-0.39, 0.29) is 11.9 Å². The minimum atomic E-state index is -4.41. The van der Waals surface area contributed by atoms with Gasteiger partial charge < -0.3 is 19.9 Å². The SMILES string of the molecule is COc1ccc(N2CCN3c4ccc(C(F)(F)F)cc4C[C@@H](C(=O)NCCC(C)C)[C@H]3C2)cc1. The standard InChI is InChI=1S/C26H32F3N3O2/c1-17(2)10-11-30-25(33)22-15-18-14-19(26(27,28)29)4-9-23(18)32-13-12-31(16-24(22)32)20-5-7-21(34-3)8-6-20/h4-9,14,17,22,24H,10-13,15-16H2,1-3H3,(H,30,33)/t22-,24-/m1/s1. The van der Waals surface area contributed by atoms with Crippen LogP contribution in [0.2, 0.25) is 0 Å². The van der Waals surface area contributed by atoms with Crippen molar-refractivity contribution in [2.75, 3.05) is 43.1 Å². The average molecular weight is 476 g/mol. The number of methoxy groups -OCH3 is 1. The lowest BCUT2D eigenvalue weighted by atomic mass is 9.82. The maximum absolute atomic E-state index is 13.4. The number of anilines is 2. The van der Waals surface area contributed by atoms with Crippen molar-refractivity contribution < 1.29 is 22.7 Å². The highest BCUT2D eigenvalue weighted by Crippen LogP contribution is 2.40. The molecule has 5 nitrogen and oxygen atoms in total. The molecule has 1 amide bonds. The van der Waals surface area contributed by atoms with Crippen LogP contribution in [-0.2, 0) is 17.4 Å². The first-order valence-corrected chi connectivity index (χ1v) is 11.8. The van der Waals surface area contributed by atoms with Crippen molar-refractivity contribution in [3.8, 4) is 5.75 Å². The maximum atomic E-state index is 13.4. The summed E-state index contributed by atoms with van der Waals surface area (Å²) < 4.78 is 45.4. The van der Waals surface area contributed by atoms with E-state index in [1.165, 1.54) is 6.07 Å². The molecule has 2 aromatic carbocycles. The molecule has 1 saturated heterocycles. The van der Waals surface area contributed by atoms with E-state index >= 15 is 0 Å². The second kappa shape index (κ2) is 9.76. The van der Waals surface area contributed by atoms with Gasteiger partial charge in [-0.15, -0.1) is 0 Å². The fourth-order valence-corrected chi connectivity index (χ4v) is 4.94. The van der Waals surface area contributed by atoms with E-state index in [4.69, 9.17) is 4.74 Å². The van der Waals surface area contributed by atoms with Gasteiger partial charge in [0.05, 0.1) is 24.6 Å². The van der Waals surface area contributed by atoms with Crippen LogP contribution >= 0.6 is 0 Å². The molecule has 1 fully saturated rings. The zero-order chi connectivity index (χ0) is 24.5. The fraction of sp³-hybridized carbons (Fsp3) is 0.500. The molecule has 2 aromatic rings. The average Bonchev–Trinajstić information content (AvgIpc) is 2.82. The van der Waals surface area contributed by atoms with Gasteiger partial charge in [0.2, 0.25) is 5.91 Å². The van der Waals surface area contributed by atoms with Gasteiger partial charge in [-0.25, -0.2) is 0 Å². The van der Waals surface area contributed by atoms with Crippen LogP contribution in [0.25, 0.3) is 0 Å². The van der Waals surface area contributed by atoms with Gasteiger partial charge in [0.25, 0.3) is 0 Å². The van der Waals surface area contributed by atoms with E-state index in [9.17, 15) is 18.0 Å². The molecule has 0 aliphatic carbocycles. The lowest BCUT2D eigenvalue weighted by Crippen LogP contribution is -2.61. The summed E-state index contributed by atoms with van der Waals surface area (Å²) in [6.45, 7) is 6.72. The van der Waals surface area contributed by atoms with Crippen molar-refractivity contribution in [1.82, 2.24) is 5.32 Å². The summed E-state index contributed by atoms with van der Waals surface area (Å²) in [5, 5.41) is 3.04. The van der Waals surface area contributed by atoms with Crippen molar-refractivity contribution in [2.24, 2.45) is 11.8 Å². The molecule has 0 unspecified atom stereocenters. The van der Waals surface area contributed by atoms with Crippen molar-refractivity contribution in [1.29, 1.82) is 0 Å². The Labute approximate surface area is 198 Å². The monoisotopic (exact) mass is 475 g/mol. The second-order valence-corrected chi connectivity index (χ2v) is 9.53. The number of benzene rings is 2. The molecule has 2 aliphatic rings. The number of rotatable bonds is 6. The zero-order valence-corrected chi connectivity index (χ0v) is 19.9. The third-order valence-corrected chi connectivity index (χ3v) is 6.83. The van der Waals surface area contributed by atoms with E-state index in [1.807, 2.05) is 24.3 Å². The third kappa shape index (κ3) is 5.10. The Hall–Kier alpha value is -2.90. The lowest BCUT2D eigenvalue weighted by Gasteiger charge is -2.49. The van der Waals surface area contributed by atoms with Gasteiger partial charge in [-0.1, -0.05) is 13.8 Å². The number of hydrogen-bond donors (Lipinski definition) is 1. The first-order chi connectivity index (χ1) is 16.2. The summed E-state index contributed by atoms with van der Waals surface area (Å²) in [5.41, 5.74) is 1.77. The summed E-state index contributed by atoms with van der Waals surface area (Å²) in [4.78, 5) is 17.6. The zero-order valence-electron chi connectivity index (χ0n) is 19.9. The van der Waals surface area contributed by atoms with Crippen LogP contribution in [0, 0.1) is 11.8 Å². The number of nitrogens with one attached hydrogen (secondary N) is 1. The number of piperazine rings is 1. The Morgan fingerprint density at radius 2 is 1.88 bits per heavy atom. The van der Waals surface area contributed by atoms with E-state index in [1.54, 1.807) is 13.2 Å². The molecular weight excluding hydrogens is 443 g/mol. The Morgan fingerprint density at radius 3 is 2.53 bits per heavy atom. The molecule has 0 saturated carbocycles. The molecule has 0 radical (unpaired) electrons. The molecule has 1 N–H and O–H groups in total. The highest BCUT2D eigenvalue weighted by molar-refractivity contribution is 5.82. The van der Waals surface area contributed by atoms with Crippen molar-refractivity contribution in [3.63, 3.8) is 0 Å². The minimum Gasteiger partial charge on any atom is -0.497 e. The van der Waals surface area contributed by atoms with Gasteiger partial charge in [0, 0.05) is 37.6 Å². The number of carbonyl (C=O) groups is 1. The number of hydrogen-bond acceptors (Lipinski definition) is 4. The molecule has 8 heteroatoms.